The van der Waals surface area contributed by atoms with Gasteiger partial charge < -0.3 is 24.9 Å². The summed E-state index contributed by atoms with van der Waals surface area (Å²) in [7, 11) is 1.81. The van der Waals surface area contributed by atoms with Gasteiger partial charge in [-0.15, -0.1) is 24.0 Å². The number of hydrogen-bond donors (Lipinski definition) is 2. The Hall–Kier alpha value is -3.08. The summed E-state index contributed by atoms with van der Waals surface area (Å²) in [6, 6.07) is 17.0. The second-order valence-corrected chi connectivity index (χ2v) is 7.19. The van der Waals surface area contributed by atoms with E-state index < -0.39 is 0 Å². The number of anilines is 2. The topological polar surface area (TPSA) is 86.0 Å². The molecule has 1 aliphatic heterocycles. The molecule has 2 N–H and O–H groups in total. The van der Waals surface area contributed by atoms with Gasteiger partial charge in [0.05, 0.1) is 6.26 Å². The van der Waals surface area contributed by atoms with Crippen LogP contribution in [0.25, 0.3) is 0 Å². The molecule has 0 spiro atoms. The van der Waals surface area contributed by atoms with Gasteiger partial charge in [0.1, 0.15) is 5.82 Å². The lowest BCUT2D eigenvalue weighted by atomic mass is 10.2. The average Bonchev–Trinajstić information content (AvgIpc) is 3.37. The Morgan fingerprint density at radius 1 is 1.06 bits per heavy atom. The van der Waals surface area contributed by atoms with E-state index in [4.69, 9.17) is 4.42 Å². The van der Waals surface area contributed by atoms with Crippen molar-refractivity contribution in [3.05, 3.63) is 78.4 Å². The number of hydrogen-bond acceptors (Lipinski definition) is 5. The van der Waals surface area contributed by atoms with Gasteiger partial charge in [-0.3, -0.25) is 9.79 Å². The highest BCUT2D eigenvalue weighted by molar-refractivity contribution is 14.0. The van der Waals surface area contributed by atoms with Crippen molar-refractivity contribution in [2.75, 3.05) is 43.4 Å². The van der Waals surface area contributed by atoms with E-state index in [1.807, 2.05) is 48.7 Å². The van der Waals surface area contributed by atoms with Gasteiger partial charge in [-0.2, -0.15) is 0 Å². The summed E-state index contributed by atoms with van der Waals surface area (Å²) in [6.07, 6.45) is 3.31. The molecule has 0 aliphatic carbocycles. The van der Waals surface area contributed by atoms with Crippen molar-refractivity contribution in [3.63, 3.8) is 0 Å². The second-order valence-electron chi connectivity index (χ2n) is 7.19. The third-order valence-corrected chi connectivity index (χ3v) is 5.17. The van der Waals surface area contributed by atoms with Crippen LogP contribution < -0.4 is 15.5 Å². The fourth-order valence-electron chi connectivity index (χ4n) is 3.51. The third kappa shape index (κ3) is 6.00. The zero-order valence-corrected chi connectivity index (χ0v) is 20.2. The van der Waals surface area contributed by atoms with Gasteiger partial charge in [-0.1, -0.05) is 18.2 Å². The minimum atomic E-state index is -0.263. The molecule has 0 radical (unpaired) electrons. The molecular weight excluding hydrogens is 519 g/mol. The molecule has 0 atom stereocenters. The van der Waals surface area contributed by atoms with Gasteiger partial charge in [0, 0.05) is 51.7 Å². The molecule has 4 rings (SSSR count). The molecule has 32 heavy (non-hydrogen) atoms. The number of guanidine groups is 1. The van der Waals surface area contributed by atoms with Crippen LogP contribution in [0.1, 0.15) is 16.1 Å². The fraction of sp³-hybridized carbons (Fsp3) is 0.261. The van der Waals surface area contributed by atoms with Gasteiger partial charge in [-0.25, -0.2) is 4.98 Å². The van der Waals surface area contributed by atoms with Crippen LogP contribution in [-0.2, 0) is 6.54 Å². The first-order valence-electron chi connectivity index (χ1n) is 10.3. The van der Waals surface area contributed by atoms with Crippen LogP contribution in [0.15, 0.2) is 76.5 Å². The minimum Gasteiger partial charge on any atom is -0.459 e. The van der Waals surface area contributed by atoms with Crippen molar-refractivity contribution < 1.29 is 9.21 Å². The van der Waals surface area contributed by atoms with Gasteiger partial charge in [-0.05, 0) is 42.0 Å². The standard InChI is InChI=1S/C23H26N6O2.HI/c1-24-23(29-14-12-28(13-15-29)21-6-2-3-11-25-21)26-17-18-7-9-19(10-8-18)27-22(30)20-5-4-16-31-20;/h2-11,16H,12-15,17H2,1H3,(H,24,26)(H,27,30);1H. The minimum absolute atomic E-state index is 0. The van der Waals surface area contributed by atoms with Crippen molar-refractivity contribution in [1.82, 2.24) is 15.2 Å². The molecule has 0 unspecified atom stereocenters. The van der Waals surface area contributed by atoms with Crippen molar-refractivity contribution in [3.8, 4) is 0 Å². The Balaban J connectivity index is 0.00000289. The monoisotopic (exact) mass is 546 g/mol. The number of furan rings is 1. The van der Waals surface area contributed by atoms with E-state index in [0.717, 1.165) is 49.2 Å². The van der Waals surface area contributed by atoms with Crippen molar-refractivity contribution in [1.29, 1.82) is 0 Å². The molecular formula is C23H27IN6O2. The summed E-state index contributed by atoms with van der Waals surface area (Å²) in [6.45, 7) is 4.23. The van der Waals surface area contributed by atoms with E-state index in [-0.39, 0.29) is 35.6 Å². The molecule has 168 valence electrons. The molecule has 1 amide bonds. The first-order chi connectivity index (χ1) is 15.2. The number of aliphatic imine (C=N–C) groups is 1. The number of aromatic nitrogens is 1. The maximum atomic E-state index is 12.1. The van der Waals surface area contributed by atoms with E-state index in [0.29, 0.717) is 6.54 Å². The molecule has 1 aromatic carbocycles. The van der Waals surface area contributed by atoms with Gasteiger partial charge in [0.2, 0.25) is 0 Å². The Bertz CT molecular complexity index is 1000. The number of rotatable bonds is 5. The number of amides is 1. The molecule has 0 saturated carbocycles. The smallest absolute Gasteiger partial charge is 0.291 e. The number of carbonyl (C=O) groups excluding carboxylic acids is 1. The lowest BCUT2D eigenvalue weighted by molar-refractivity contribution is 0.0996. The zero-order valence-electron chi connectivity index (χ0n) is 17.9. The third-order valence-electron chi connectivity index (χ3n) is 5.17. The second kappa shape index (κ2) is 11.5. The molecule has 2 aromatic heterocycles. The van der Waals surface area contributed by atoms with Crippen LogP contribution in [0.2, 0.25) is 0 Å². The number of nitrogens with one attached hydrogen (secondary N) is 2. The summed E-state index contributed by atoms with van der Waals surface area (Å²) in [5.41, 5.74) is 1.82. The highest BCUT2D eigenvalue weighted by atomic mass is 127. The number of pyridine rings is 1. The molecule has 8 nitrogen and oxygen atoms in total. The SMILES string of the molecule is CN=C(NCc1ccc(NC(=O)c2ccco2)cc1)N1CCN(c2ccccn2)CC1.I. The Morgan fingerprint density at radius 2 is 1.84 bits per heavy atom. The van der Waals surface area contributed by atoms with E-state index in [1.165, 1.54) is 6.26 Å². The van der Waals surface area contributed by atoms with Crippen LogP contribution in [-0.4, -0.2) is 55.0 Å². The molecule has 3 aromatic rings. The van der Waals surface area contributed by atoms with Gasteiger partial charge in [0.15, 0.2) is 11.7 Å². The number of halogens is 1. The first-order valence-corrected chi connectivity index (χ1v) is 10.3. The van der Waals surface area contributed by atoms with Gasteiger partial charge >= 0.3 is 0 Å². The Morgan fingerprint density at radius 3 is 2.47 bits per heavy atom. The maximum absolute atomic E-state index is 12.1. The fourth-order valence-corrected chi connectivity index (χ4v) is 3.51. The van der Waals surface area contributed by atoms with E-state index >= 15 is 0 Å². The quantitative estimate of drug-likeness (QED) is 0.290. The molecule has 3 heterocycles. The van der Waals surface area contributed by atoms with Crippen LogP contribution in [0.4, 0.5) is 11.5 Å². The largest absolute Gasteiger partial charge is 0.459 e. The average molecular weight is 546 g/mol. The lowest BCUT2D eigenvalue weighted by Crippen LogP contribution is -2.52. The van der Waals surface area contributed by atoms with E-state index in [1.54, 1.807) is 19.2 Å². The molecule has 1 fully saturated rings. The predicted octanol–water partition coefficient (Wildman–Crippen LogP) is 3.44. The summed E-state index contributed by atoms with van der Waals surface area (Å²) in [5.74, 6) is 1.93. The van der Waals surface area contributed by atoms with Crippen LogP contribution in [0, 0.1) is 0 Å². The predicted molar refractivity (Wildman–Crippen MR) is 137 cm³/mol. The highest BCUT2D eigenvalue weighted by Crippen LogP contribution is 2.14. The van der Waals surface area contributed by atoms with E-state index in [2.05, 4.69) is 30.4 Å². The summed E-state index contributed by atoms with van der Waals surface area (Å²) in [5, 5.41) is 6.25. The zero-order chi connectivity index (χ0) is 21.5. The normalized spacial score (nSPS) is 14.0. The summed E-state index contributed by atoms with van der Waals surface area (Å²) in [4.78, 5) is 25.5. The first kappa shape index (κ1) is 23.6. The van der Waals surface area contributed by atoms with Crippen molar-refractivity contribution >= 4 is 47.3 Å². The summed E-state index contributed by atoms with van der Waals surface area (Å²) >= 11 is 0. The highest BCUT2D eigenvalue weighted by Gasteiger charge is 2.20. The Kier molecular flexibility index (Phi) is 8.48. The van der Waals surface area contributed by atoms with E-state index in [9.17, 15) is 4.79 Å². The number of piperazine rings is 1. The maximum Gasteiger partial charge on any atom is 0.291 e. The lowest BCUT2D eigenvalue weighted by Gasteiger charge is -2.37. The number of carbonyl (C=O) groups is 1. The summed E-state index contributed by atoms with van der Waals surface area (Å²) < 4.78 is 5.11. The van der Waals surface area contributed by atoms with Crippen LogP contribution >= 0.6 is 24.0 Å². The number of nitrogens with zero attached hydrogens (tertiary/aromatic N) is 4. The molecule has 1 aliphatic rings. The van der Waals surface area contributed by atoms with Crippen LogP contribution in [0.5, 0.6) is 0 Å². The van der Waals surface area contributed by atoms with Gasteiger partial charge in [0.25, 0.3) is 5.91 Å². The van der Waals surface area contributed by atoms with Crippen molar-refractivity contribution in [2.45, 2.75) is 6.54 Å². The molecule has 0 bridgehead atoms. The molecule has 1 saturated heterocycles. The van der Waals surface area contributed by atoms with Crippen molar-refractivity contribution in [2.24, 2.45) is 4.99 Å². The van der Waals surface area contributed by atoms with Crippen LogP contribution in [0.3, 0.4) is 0 Å². The number of benzene rings is 1. The molecule has 9 heteroatoms. The Labute approximate surface area is 204 Å².